The number of fused-ring (bicyclic) bond motifs is 1. The fourth-order valence-electron chi connectivity index (χ4n) is 2.80. The number of hydrogen-bond donors (Lipinski definition) is 1. The first kappa shape index (κ1) is 11.7. The zero-order chi connectivity index (χ0) is 11.7. The summed E-state index contributed by atoms with van der Waals surface area (Å²) in [6, 6.07) is 1.28. The van der Waals surface area contributed by atoms with Crippen molar-refractivity contribution in [3.8, 4) is 0 Å². The summed E-state index contributed by atoms with van der Waals surface area (Å²) in [6.45, 7) is 9.32. The number of nitrogens with zero attached hydrogens (tertiary/aromatic N) is 2. The molecule has 0 aliphatic carbocycles. The van der Waals surface area contributed by atoms with Crippen LogP contribution in [0.4, 0.5) is 4.79 Å². The Balaban J connectivity index is 1.96. The highest BCUT2D eigenvalue weighted by Crippen LogP contribution is 2.24. The van der Waals surface area contributed by atoms with Crippen molar-refractivity contribution in [2.75, 3.05) is 19.6 Å². The number of piperazine rings is 1. The van der Waals surface area contributed by atoms with Crippen molar-refractivity contribution in [3.63, 3.8) is 0 Å². The Hall–Kier alpha value is -0.770. The number of urea groups is 1. The van der Waals surface area contributed by atoms with Crippen molar-refractivity contribution < 1.29 is 4.79 Å². The van der Waals surface area contributed by atoms with Crippen molar-refractivity contribution in [1.82, 2.24) is 15.1 Å². The molecule has 92 valence electrons. The van der Waals surface area contributed by atoms with Crippen LogP contribution in [0, 0.1) is 0 Å². The molecule has 0 bridgehead atoms. The Kier molecular flexibility index (Phi) is 3.38. The summed E-state index contributed by atoms with van der Waals surface area (Å²) in [5.74, 6) is 0. The molecule has 2 atom stereocenters. The highest BCUT2D eigenvalue weighted by molar-refractivity contribution is 5.75. The maximum absolute atomic E-state index is 12.0. The summed E-state index contributed by atoms with van der Waals surface area (Å²) in [5.41, 5.74) is 0. The lowest BCUT2D eigenvalue weighted by Crippen LogP contribution is -2.59. The molecule has 0 radical (unpaired) electrons. The van der Waals surface area contributed by atoms with Gasteiger partial charge in [0, 0.05) is 31.2 Å². The Morgan fingerprint density at radius 1 is 1.38 bits per heavy atom. The Morgan fingerprint density at radius 2 is 2.12 bits per heavy atom. The van der Waals surface area contributed by atoms with E-state index in [9.17, 15) is 4.79 Å². The van der Waals surface area contributed by atoms with Crippen LogP contribution < -0.4 is 5.32 Å². The van der Waals surface area contributed by atoms with Crippen LogP contribution in [-0.4, -0.2) is 53.6 Å². The van der Waals surface area contributed by atoms with E-state index in [1.165, 1.54) is 19.4 Å². The first-order valence-corrected chi connectivity index (χ1v) is 6.39. The van der Waals surface area contributed by atoms with Crippen LogP contribution >= 0.6 is 0 Å². The van der Waals surface area contributed by atoms with Crippen LogP contribution in [0.25, 0.3) is 0 Å². The van der Waals surface area contributed by atoms with Gasteiger partial charge in [-0.15, -0.1) is 0 Å². The maximum atomic E-state index is 12.0. The van der Waals surface area contributed by atoms with Crippen LogP contribution in [0.5, 0.6) is 0 Å². The van der Waals surface area contributed by atoms with E-state index in [0.717, 1.165) is 13.1 Å². The highest BCUT2D eigenvalue weighted by atomic mass is 16.2. The summed E-state index contributed by atoms with van der Waals surface area (Å²) in [4.78, 5) is 16.5. The van der Waals surface area contributed by atoms with Crippen LogP contribution in [0.1, 0.15) is 33.6 Å². The molecule has 0 saturated carbocycles. The fraction of sp³-hybridized carbons (Fsp3) is 0.917. The Bertz CT molecular complexity index is 267. The van der Waals surface area contributed by atoms with E-state index in [1.807, 2.05) is 18.7 Å². The number of hydrogen-bond acceptors (Lipinski definition) is 2. The SMILES string of the molecule is CC(C)NC(=O)N1CC2CCCN2CC1C. The number of nitrogens with one attached hydrogen (secondary N) is 1. The maximum Gasteiger partial charge on any atom is 0.317 e. The lowest BCUT2D eigenvalue weighted by molar-refractivity contribution is 0.0795. The fourth-order valence-corrected chi connectivity index (χ4v) is 2.80. The predicted octanol–water partition coefficient (Wildman–Crippen LogP) is 1.27. The largest absolute Gasteiger partial charge is 0.336 e. The quantitative estimate of drug-likeness (QED) is 0.729. The van der Waals surface area contributed by atoms with E-state index in [1.54, 1.807) is 0 Å². The van der Waals surface area contributed by atoms with Gasteiger partial charge in [0.1, 0.15) is 0 Å². The number of carbonyl (C=O) groups excluding carboxylic acids is 1. The molecule has 0 aromatic heterocycles. The molecule has 1 N–H and O–H groups in total. The first-order chi connectivity index (χ1) is 7.58. The summed E-state index contributed by atoms with van der Waals surface area (Å²) in [7, 11) is 0. The Morgan fingerprint density at radius 3 is 2.81 bits per heavy atom. The zero-order valence-electron chi connectivity index (χ0n) is 10.6. The van der Waals surface area contributed by atoms with Gasteiger partial charge in [-0.25, -0.2) is 4.79 Å². The average molecular weight is 225 g/mol. The minimum Gasteiger partial charge on any atom is -0.336 e. The van der Waals surface area contributed by atoms with Gasteiger partial charge in [-0.2, -0.15) is 0 Å². The van der Waals surface area contributed by atoms with Gasteiger partial charge in [0.15, 0.2) is 0 Å². The van der Waals surface area contributed by atoms with E-state index in [4.69, 9.17) is 0 Å². The molecule has 0 spiro atoms. The Labute approximate surface area is 98.0 Å². The van der Waals surface area contributed by atoms with Gasteiger partial charge in [0.2, 0.25) is 0 Å². The van der Waals surface area contributed by atoms with Crippen molar-refractivity contribution in [2.45, 2.75) is 51.7 Å². The monoisotopic (exact) mass is 225 g/mol. The van der Waals surface area contributed by atoms with Crippen molar-refractivity contribution in [3.05, 3.63) is 0 Å². The molecule has 16 heavy (non-hydrogen) atoms. The van der Waals surface area contributed by atoms with Gasteiger partial charge in [-0.3, -0.25) is 4.90 Å². The van der Waals surface area contributed by atoms with Gasteiger partial charge < -0.3 is 10.2 Å². The second-order valence-corrected chi connectivity index (χ2v) is 5.40. The van der Waals surface area contributed by atoms with Gasteiger partial charge >= 0.3 is 6.03 Å². The molecule has 2 aliphatic rings. The van der Waals surface area contributed by atoms with E-state index >= 15 is 0 Å². The van der Waals surface area contributed by atoms with Crippen LogP contribution in [0.2, 0.25) is 0 Å². The summed E-state index contributed by atoms with van der Waals surface area (Å²) in [6.07, 6.45) is 2.54. The smallest absolute Gasteiger partial charge is 0.317 e. The minimum atomic E-state index is 0.106. The second-order valence-electron chi connectivity index (χ2n) is 5.40. The van der Waals surface area contributed by atoms with Crippen molar-refractivity contribution in [2.24, 2.45) is 0 Å². The topological polar surface area (TPSA) is 35.6 Å². The minimum absolute atomic E-state index is 0.106. The third-order valence-electron chi connectivity index (χ3n) is 3.61. The van der Waals surface area contributed by atoms with E-state index in [-0.39, 0.29) is 12.1 Å². The van der Waals surface area contributed by atoms with Crippen LogP contribution in [0.15, 0.2) is 0 Å². The number of amides is 2. The molecule has 2 unspecified atom stereocenters. The van der Waals surface area contributed by atoms with E-state index < -0.39 is 0 Å². The molecule has 2 aliphatic heterocycles. The number of rotatable bonds is 1. The second kappa shape index (κ2) is 4.62. The molecule has 0 aromatic carbocycles. The summed E-state index contributed by atoms with van der Waals surface area (Å²) in [5, 5.41) is 2.99. The molecule has 2 saturated heterocycles. The van der Waals surface area contributed by atoms with Crippen molar-refractivity contribution >= 4 is 6.03 Å². The molecule has 2 amide bonds. The molecule has 2 rings (SSSR count). The first-order valence-electron chi connectivity index (χ1n) is 6.39. The van der Waals surface area contributed by atoms with E-state index in [2.05, 4.69) is 17.1 Å². The summed E-state index contributed by atoms with van der Waals surface area (Å²) >= 11 is 0. The van der Waals surface area contributed by atoms with Gasteiger partial charge in [-0.1, -0.05) is 0 Å². The zero-order valence-corrected chi connectivity index (χ0v) is 10.6. The average Bonchev–Trinajstić information content (AvgIpc) is 2.61. The van der Waals surface area contributed by atoms with Crippen molar-refractivity contribution in [1.29, 1.82) is 0 Å². The van der Waals surface area contributed by atoms with Gasteiger partial charge in [0.05, 0.1) is 0 Å². The van der Waals surface area contributed by atoms with Crippen LogP contribution in [0.3, 0.4) is 0 Å². The molecule has 4 nitrogen and oxygen atoms in total. The predicted molar refractivity (Wildman–Crippen MR) is 64.4 cm³/mol. The molecule has 2 fully saturated rings. The number of carbonyl (C=O) groups is 1. The molecule has 4 heteroatoms. The van der Waals surface area contributed by atoms with E-state index in [0.29, 0.717) is 12.1 Å². The normalized spacial score (nSPS) is 30.6. The van der Waals surface area contributed by atoms with Gasteiger partial charge in [0.25, 0.3) is 0 Å². The lowest BCUT2D eigenvalue weighted by Gasteiger charge is -2.42. The molecular weight excluding hydrogens is 202 g/mol. The molecule has 2 heterocycles. The standard InChI is InChI=1S/C12H23N3O/c1-9(2)13-12(16)15-8-11-5-4-6-14(11)7-10(15)3/h9-11H,4-8H2,1-3H3,(H,13,16). The van der Waals surface area contributed by atoms with Gasteiger partial charge in [-0.05, 0) is 40.2 Å². The van der Waals surface area contributed by atoms with Crippen LogP contribution in [-0.2, 0) is 0 Å². The third-order valence-corrected chi connectivity index (χ3v) is 3.61. The molecule has 0 aromatic rings. The highest BCUT2D eigenvalue weighted by Gasteiger charge is 2.36. The summed E-state index contributed by atoms with van der Waals surface area (Å²) < 4.78 is 0. The molecular formula is C12H23N3O. The third kappa shape index (κ3) is 2.32. The lowest BCUT2D eigenvalue weighted by atomic mass is 10.1.